The van der Waals surface area contributed by atoms with Gasteiger partial charge in [-0.3, -0.25) is 9.10 Å². The molecular weight excluding hydrogens is 395 g/mol. The molecular formula is C21H27FN2O4S. The van der Waals surface area contributed by atoms with Gasteiger partial charge in [0.25, 0.3) is 0 Å². The van der Waals surface area contributed by atoms with E-state index in [0.717, 1.165) is 16.6 Å². The molecule has 158 valence electrons. The summed E-state index contributed by atoms with van der Waals surface area (Å²) in [6.45, 7) is 6.38. The highest BCUT2D eigenvalue weighted by Gasteiger charge is 2.21. The van der Waals surface area contributed by atoms with E-state index in [9.17, 15) is 17.6 Å². The second-order valence-electron chi connectivity index (χ2n) is 7.72. The molecule has 0 fully saturated rings. The smallest absolute Gasteiger partial charge is 0.240 e. The quantitative estimate of drug-likeness (QED) is 0.664. The van der Waals surface area contributed by atoms with Crippen molar-refractivity contribution in [1.82, 2.24) is 5.32 Å². The standard InChI is InChI=1S/C21H27FN2O4S/c1-21(2,3)16-8-10-19(11-9-16)28-13-12-23-20(25)15-24(29(4,26)27)18-7-5-6-17(22)14-18/h5-11,14H,12-13,15H2,1-4H3,(H,23,25). The van der Waals surface area contributed by atoms with Crippen LogP contribution in [0.15, 0.2) is 48.5 Å². The minimum absolute atomic E-state index is 0.0552. The first kappa shape index (κ1) is 22.7. The molecule has 0 radical (unpaired) electrons. The molecule has 2 aromatic rings. The minimum Gasteiger partial charge on any atom is -0.492 e. The molecule has 0 aliphatic heterocycles. The number of amides is 1. The van der Waals surface area contributed by atoms with Crippen molar-refractivity contribution < 1.29 is 22.3 Å². The molecule has 0 bridgehead atoms. The van der Waals surface area contributed by atoms with Crippen LogP contribution in [0, 0.1) is 5.82 Å². The first-order valence-electron chi connectivity index (χ1n) is 9.20. The monoisotopic (exact) mass is 422 g/mol. The van der Waals surface area contributed by atoms with Gasteiger partial charge in [-0.2, -0.15) is 0 Å². The van der Waals surface area contributed by atoms with Crippen molar-refractivity contribution in [3.63, 3.8) is 0 Å². The van der Waals surface area contributed by atoms with Gasteiger partial charge in [0.15, 0.2) is 0 Å². The molecule has 0 heterocycles. The summed E-state index contributed by atoms with van der Waals surface area (Å²) >= 11 is 0. The van der Waals surface area contributed by atoms with Gasteiger partial charge in [0.1, 0.15) is 24.7 Å². The van der Waals surface area contributed by atoms with E-state index in [4.69, 9.17) is 4.74 Å². The molecule has 2 rings (SSSR count). The van der Waals surface area contributed by atoms with Crippen molar-refractivity contribution >= 4 is 21.6 Å². The molecule has 2 aromatic carbocycles. The molecule has 1 amide bonds. The highest BCUT2D eigenvalue weighted by Crippen LogP contribution is 2.24. The molecule has 0 saturated carbocycles. The molecule has 0 unspecified atom stereocenters. The van der Waals surface area contributed by atoms with Crippen LogP contribution in [-0.4, -0.2) is 40.3 Å². The van der Waals surface area contributed by atoms with E-state index in [1.165, 1.54) is 23.8 Å². The fourth-order valence-electron chi connectivity index (χ4n) is 2.63. The number of rotatable bonds is 8. The lowest BCUT2D eigenvalue weighted by atomic mass is 9.87. The van der Waals surface area contributed by atoms with Crippen molar-refractivity contribution in [2.45, 2.75) is 26.2 Å². The summed E-state index contributed by atoms with van der Waals surface area (Å²) in [6.07, 6.45) is 0.968. The number of hydrogen-bond acceptors (Lipinski definition) is 4. The Morgan fingerprint density at radius 1 is 1.14 bits per heavy atom. The van der Waals surface area contributed by atoms with Gasteiger partial charge in [-0.05, 0) is 41.3 Å². The predicted molar refractivity (Wildman–Crippen MR) is 112 cm³/mol. The van der Waals surface area contributed by atoms with Gasteiger partial charge < -0.3 is 10.1 Å². The molecule has 0 aromatic heterocycles. The molecule has 0 saturated heterocycles. The molecule has 0 spiro atoms. The third-order valence-electron chi connectivity index (χ3n) is 4.20. The summed E-state index contributed by atoms with van der Waals surface area (Å²) in [5, 5.41) is 2.61. The Balaban J connectivity index is 1.86. The number of benzene rings is 2. The first-order chi connectivity index (χ1) is 13.5. The Morgan fingerprint density at radius 3 is 2.34 bits per heavy atom. The van der Waals surface area contributed by atoms with Crippen molar-refractivity contribution in [2.24, 2.45) is 0 Å². The number of hydrogen-bond donors (Lipinski definition) is 1. The zero-order valence-corrected chi connectivity index (χ0v) is 17.9. The number of halogens is 1. The van der Waals surface area contributed by atoms with Crippen LogP contribution in [0.5, 0.6) is 5.75 Å². The van der Waals surface area contributed by atoms with Crippen LogP contribution >= 0.6 is 0 Å². The summed E-state index contributed by atoms with van der Waals surface area (Å²) in [5.41, 5.74) is 1.34. The van der Waals surface area contributed by atoms with Crippen LogP contribution in [0.1, 0.15) is 26.3 Å². The van der Waals surface area contributed by atoms with Gasteiger partial charge in [-0.25, -0.2) is 12.8 Å². The number of carbonyl (C=O) groups is 1. The number of ether oxygens (including phenoxy) is 1. The van der Waals surface area contributed by atoms with Gasteiger partial charge >= 0.3 is 0 Å². The molecule has 6 nitrogen and oxygen atoms in total. The van der Waals surface area contributed by atoms with Crippen LogP contribution < -0.4 is 14.4 Å². The highest BCUT2D eigenvalue weighted by molar-refractivity contribution is 7.92. The van der Waals surface area contributed by atoms with Gasteiger partial charge in [-0.15, -0.1) is 0 Å². The summed E-state index contributed by atoms with van der Waals surface area (Å²) < 4.78 is 43.9. The minimum atomic E-state index is -3.75. The highest BCUT2D eigenvalue weighted by atomic mass is 32.2. The number of nitrogens with one attached hydrogen (secondary N) is 1. The third-order valence-corrected chi connectivity index (χ3v) is 5.34. The molecule has 0 atom stereocenters. The maximum absolute atomic E-state index is 13.4. The fraction of sp³-hybridized carbons (Fsp3) is 0.381. The van der Waals surface area contributed by atoms with Crippen LogP contribution in [0.4, 0.5) is 10.1 Å². The Bertz CT molecular complexity index is 938. The van der Waals surface area contributed by atoms with Crippen LogP contribution in [-0.2, 0) is 20.2 Å². The summed E-state index contributed by atoms with van der Waals surface area (Å²) in [5.74, 6) is -0.404. The third kappa shape index (κ3) is 7.05. The average Bonchev–Trinajstić information content (AvgIpc) is 2.62. The second kappa shape index (κ2) is 9.26. The number of carbonyl (C=O) groups excluding carboxylic acids is 1. The SMILES string of the molecule is CC(C)(C)c1ccc(OCCNC(=O)CN(c2cccc(F)c2)S(C)(=O)=O)cc1. The molecule has 29 heavy (non-hydrogen) atoms. The van der Waals surface area contributed by atoms with Gasteiger partial charge in [0.2, 0.25) is 15.9 Å². The van der Waals surface area contributed by atoms with E-state index in [0.29, 0.717) is 5.75 Å². The van der Waals surface area contributed by atoms with Crippen molar-refractivity contribution in [1.29, 1.82) is 0 Å². The van der Waals surface area contributed by atoms with E-state index in [-0.39, 0.29) is 24.3 Å². The Morgan fingerprint density at radius 2 is 1.79 bits per heavy atom. The first-order valence-corrected chi connectivity index (χ1v) is 11.0. The molecule has 0 aliphatic rings. The van der Waals surface area contributed by atoms with E-state index in [1.807, 2.05) is 24.3 Å². The maximum Gasteiger partial charge on any atom is 0.240 e. The van der Waals surface area contributed by atoms with Crippen LogP contribution in [0.3, 0.4) is 0 Å². The topological polar surface area (TPSA) is 75.7 Å². The number of anilines is 1. The Kier molecular flexibility index (Phi) is 7.24. The van der Waals surface area contributed by atoms with Crippen molar-refractivity contribution in [2.75, 3.05) is 30.3 Å². The number of sulfonamides is 1. The maximum atomic E-state index is 13.4. The molecule has 1 N–H and O–H groups in total. The Labute approximate surface area is 171 Å². The van der Waals surface area contributed by atoms with E-state index in [2.05, 4.69) is 26.1 Å². The lowest BCUT2D eigenvalue weighted by Gasteiger charge is -2.22. The zero-order valence-electron chi connectivity index (χ0n) is 17.1. The lowest BCUT2D eigenvalue weighted by molar-refractivity contribution is -0.119. The lowest BCUT2D eigenvalue weighted by Crippen LogP contribution is -2.41. The summed E-state index contributed by atoms with van der Waals surface area (Å²) in [6, 6.07) is 12.8. The largest absolute Gasteiger partial charge is 0.492 e. The van der Waals surface area contributed by atoms with Crippen molar-refractivity contribution in [3.8, 4) is 5.75 Å². The second-order valence-corrected chi connectivity index (χ2v) is 9.63. The van der Waals surface area contributed by atoms with E-state index >= 15 is 0 Å². The van der Waals surface area contributed by atoms with Crippen LogP contribution in [0.2, 0.25) is 0 Å². The van der Waals surface area contributed by atoms with Crippen molar-refractivity contribution in [3.05, 3.63) is 59.9 Å². The van der Waals surface area contributed by atoms with E-state index in [1.54, 1.807) is 0 Å². The van der Waals surface area contributed by atoms with Crippen LogP contribution in [0.25, 0.3) is 0 Å². The van der Waals surface area contributed by atoms with Gasteiger partial charge in [-0.1, -0.05) is 39.0 Å². The zero-order chi connectivity index (χ0) is 21.7. The van der Waals surface area contributed by atoms with E-state index < -0.39 is 28.3 Å². The molecule has 0 aliphatic carbocycles. The summed E-state index contributed by atoms with van der Waals surface area (Å²) in [4.78, 5) is 12.2. The Hall–Kier alpha value is -2.61. The molecule has 8 heteroatoms. The van der Waals surface area contributed by atoms with Gasteiger partial charge in [0.05, 0.1) is 18.5 Å². The summed E-state index contributed by atoms with van der Waals surface area (Å²) in [7, 11) is -3.75. The normalized spacial score (nSPS) is 11.8. The number of nitrogens with zero attached hydrogens (tertiary/aromatic N) is 1. The van der Waals surface area contributed by atoms with Gasteiger partial charge in [0, 0.05) is 0 Å². The average molecular weight is 423 g/mol. The predicted octanol–water partition coefficient (Wildman–Crippen LogP) is 3.08. The fourth-order valence-corrected chi connectivity index (χ4v) is 3.48.